The van der Waals surface area contributed by atoms with Gasteiger partial charge in [0.2, 0.25) is 5.91 Å². The van der Waals surface area contributed by atoms with Crippen LogP contribution in [0.2, 0.25) is 0 Å². The fourth-order valence-electron chi connectivity index (χ4n) is 2.07. The number of likely N-dealkylation sites (N-methyl/N-ethyl adjacent to an activating group) is 1. The summed E-state index contributed by atoms with van der Waals surface area (Å²) in [6.07, 6.45) is 2.36. The third-order valence-corrected chi connectivity index (χ3v) is 3.25. The molecule has 0 aromatic heterocycles. The van der Waals surface area contributed by atoms with Crippen molar-refractivity contribution in [2.45, 2.75) is 18.9 Å². The fraction of sp³-hybridized carbons (Fsp3) is 0.900. The Morgan fingerprint density at radius 1 is 1.43 bits per heavy atom. The zero-order valence-electron chi connectivity index (χ0n) is 8.83. The zero-order chi connectivity index (χ0) is 9.97. The molecule has 2 aliphatic rings. The lowest BCUT2D eigenvalue weighted by Gasteiger charge is -2.32. The highest BCUT2D eigenvalue weighted by atomic mass is 16.2. The molecule has 2 aliphatic heterocycles. The van der Waals surface area contributed by atoms with E-state index >= 15 is 0 Å². The number of nitrogens with zero attached hydrogens (tertiary/aromatic N) is 2. The van der Waals surface area contributed by atoms with Gasteiger partial charge in [0.1, 0.15) is 0 Å². The Kier molecular flexibility index (Phi) is 3.03. The maximum Gasteiger partial charge on any atom is 0.236 e. The normalized spacial score (nSPS) is 27.8. The van der Waals surface area contributed by atoms with Crippen LogP contribution in [0, 0.1) is 0 Å². The predicted molar refractivity (Wildman–Crippen MR) is 55.1 cm³/mol. The van der Waals surface area contributed by atoms with Crippen LogP contribution in [-0.2, 0) is 4.79 Å². The number of likely N-dealkylation sites (tertiary alicyclic amines) is 2. The van der Waals surface area contributed by atoms with Crippen LogP contribution < -0.4 is 5.32 Å². The minimum Gasteiger partial charge on any atom is -0.341 e. The van der Waals surface area contributed by atoms with E-state index in [4.69, 9.17) is 0 Å². The molecule has 0 radical (unpaired) electrons. The van der Waals surface area contributed by atoms with E-state index in [1.54, 1.807) is 0 Å². The van der Waals surface area contributed by atoms with Crippen molar-refractivity contribution < 1.29 is 4.79 Å². The van der Waals surface area contributed by atoms with E-state index in [9.17, 15) is 4.79 Å². The minimum absolute atomic E-state index is 0.313. The van der Waals surface area contributed by atoms with Crippen molar-refractivity contribution in [3.05, 3.63) is 0 Å². The van der Waals surface area contributed by atoms with Crippen LogP contribution in [0.5, 0.6) is 0 Å². The second-order valence-electron chi connectivity index (χ2n) is 4.24. The summed E-state index contributed by atoms with van der Waals surface area (Å²) < 4.78 is 0. The van der Waals surface area contributed by atoms with Crippen molar-refractivity contribution in [3.63, 3.8) is 0 Å². The van der Waals surface area contributed by atoms with Crippen molar-refractivity contribution >= 4 is 5.91 Å². The van der Waals surface area contributed by atoms with Crippen molar-refractivity contribution in [1.82, 2.24) is 15.1 Å². The summed E-state index contributed by atoms with van der Waals surface area (Å²) >= 11 is 0. The molecule has 2 rings (SSSR count). The molecule has 0 aromatic carbocycles. The molecule has 1 unspecified atom stereocenters. The molecule has 80 valence electrons. The minimum atomic E-state index is 0.313. The monoisotopic (exact) mass is 197 g/mol. The largest absolute Gasteiger partial charge is 0.341 e. The summed E-state index contributed by atoms with van der Waals surface area (Å²) in [6, 6.07) is 0.583. The van der Waals surface area contributed by atoms with Crippen molar-refractivity contribution in [2.24, 2.45) is 0 Å². The molecule has 0 aromatic rings. The Labute approximate surface area is 85.2 Å². The van der Waals surface area contributed by atoms with E-state index in [-0.39, 0.29) is 0 Å². The van der Waals surface area contributed by atoms with Gasteiger partial charge in [0.15, 0.2) is 0 Å². The third-order valence-electron chi connectivity index (χ3n) is 3.25. The van der Waals surface area contributed by atoms with Gasteiger partial charge in [-0.1, -0.05) is 0 Å². The first-order valence-electron chi connectivity index (χ1n) is 5.47. The van der Waals surface area contributed by atoms with Crippen LogP contribution in [0.3, 0.4) is 0 Å². The van der Waals surface area contributed by atoms with Crippen LogP contribution in [0.25, 0.3) is 0 Å². The Balaban J connectivity index is 1.72. The molecule has 0 bridgehead atoms. The predicted octanol–water partition coefficient (Wildman–Crippen LogP) is -0.488. The first kappa shape index (κ1) is 9.93. The van der Waals surface area contributed by atoms with Gasteiger partial charge < -0.3 is 10.2 Å². The molecule has 0 spiro atoms. The Morgan fingerprint density at radius 3 is 2.71 bits per heavy atom. The zero-order valence-corrected chi connectivity index (χ0v) is 8.83. The molecule has 1 atom stereocenters. The second kappa shape index (κ2) is 4.28. The molecule has 0 aliphatic carbocycles. The van der Waals surface area contributed by atoms with E-state index in [0.29, 0.717) is 18.5 Å². The van der Waals surface area contributed by atoms with E-state index in [1.807, 2.05) is 11.9 Å². The van der Waals surface area contributed by atoms with Crippen LogP contribution in [0.4, 0.5) is 0 Å². The summed E-state index contributed by atoms with van der Waals surface area (Å²) in [5.74, 6) is 0.313. The number of carbonyl (C=O) groups excluding carboxylic acids is 1. The van der Waals surface area contributed by atoms with Crippen LogP contribution in [-0.4, -0.2) is 61.5 Å². The number of hydrogen-bond donors (Lipinski definition) is 1. The standard InChI is InChI=1S/C10H19N3O/c1-11-9-3-6-12(7-9)8-10(14)13-4-2-5-13/h9,11H,2-8H2,1H3. The molecule has 2 fully saturated rings. The number of hydrogen-bond acceptors (Lipinski definition) is 3. The maximum absolute atomic E-state index is 11.6. The average Bonchev–Trinajstić information content (AvgIpc) is 2.48. The third kappa shape index (κ3) is 2.07. The molecular formula is C10H19N3O. The topological polar surface area (TPSA) is 35.6 Å². The molecule has 2 saturated heterocycles. The highest BCUT2D eigenvalue weighted by Crippen LogP contribution is 2.11. The van der Waals surface area contributed by atoms with Gasteiger partial charge in [0, 0.05) is 32.2 Å². The highest BCUT2D eigenvalue weighted by molar-refractivity contribution is 5.78. The van der Waals surface area contributed by atoms with Crippen LogP contribution in [0.15, 0.2) is 0 Å². The Morgan fingerprint density at radius 2 is 2.21 bits per heavy atom. The molecule has 4 nitrogen and oxygen atoms in total. The average molecular weight is 197 g/mol. The molecule has 4 heteroatoms. The fourth-order valence-corrected chi connectivity index (χ4v) is 2.07. The quantitative estimate of drug-likeness (QED) is 0.663. The smallest absolute Gasteiger partial charge is 0.236 e. The molecule has 1 N–H and O–H groups in total. The molecule has 2 heterocycles. The summed E-state index contributed by atoms with van der Waals surface area (Å²) in [7, 11) is 1.99. The van der Waals surface area contributed by atoms with Crippen molar-refractivity contribution in [2.75, 3.05) is 39.8 Å². The molecule has 0 saturated carbocycles. The van der Waals surface area contributed by atoms with Gasteiger partial charge in [-0.25, -0.2) is 0 Å². The van der Waals surface area contributed by atoms with Crippen LogP contribution in [0.1, 0.15) is 12.8 Å². The summed E-state index contributed by atoms with van der Waals surface area (Å²) in [4.78, 5) is 15.8. The van der Waals surface area contributed by atoms with E-state index in [1.165, 1.54) is 12.8 Å². The van der Waals surface area contributed by atoms with E-state index in [2.05, 4.69) is 10.2 Å². The number of amides is 1. The van der Waals surface area contributed by atoms with Gasteiger partial charge in [0.05, 0.1) is 6.54 Å². The van der Waals surface area contributed by atoms with Crippen molar-refractivity contribution in [1.29, 1.82) is 0 Å². The molecular weight excluding hydrogens is 178 g/mol. The van der Waals surface area contributed by atoms with Crippen LogP contribution >= 0.6 is 0 Å². The molecule has 1 amide bonds. The van der Waals surface area contributed by atoms with Gasteiger partial charge in [0.25, 0.3) is 0 Å². The van der Waals surface area contributed by atoms with Gasteiger partial charge >= 0.3 is 0 Å². The first-order valence-corrected chi connectivity index (χ1v) is 5.47. The lowest BCUT2D eigenvalue weighted by Crippen LogP contribution is -2.47. The number of carbonyl (C=O) groups is 1. The summed E-state index contributed by atoms with van der Waals surface area (Å²) in [6.45, 7) is 4.66. The summed E-state index contributed by atoms with van der Waals surface area (Å²) in [5.41, 5.74) is 0. The van der Waals surface area contributed by atoms with Gasteiger partial charge in [-0.3, -0.25) is 9.69 Å². The summed E-state index contributed by atoms with van der Waals surface area (Å²) in [5, 5.41) is 3.26. The van der Waals surface area contributed by atoms with Gasteiger partial charge in [-0.05, 0) is 19.9 Å². The van der Waals surface area contributed by atoms with Gasteiger partial charge in [-0.15, -0.1) is 0 Å². The first-order chi connectivity index (χ1) is 6.79. The lowest BCUT2D eigenvalue weighted by atomic mass is 10.2. The van der Waals surface area contributed by atoms with Gasteiger partial charge in [-0.2, -0.15) is 0 Å². The molecule has 14 heavy (non-hydrogen) atoms. The van der Waals surface area contributed by atoms with Crippen molar-refractivity contribution in [3.8, 4) is 0 Å². The maximum atomic E-state index is 11.6. The van der Waals surface area contributed by atoms with E-state index in [0.717, 1.165) is 26.2 Å². The number of rotatable bonds is 3. The lowest BCUT2D eigenvalue weighted by molar-refractivity contribution is -0.135. The Hall–Kier alpha value is -0.610. The SMILES string of the molecule is CNC1CCN(CC(=O)N2CCC2)C1. The Bertz CT molecular complexity index is 215. The number of nitrogens with one attached hydrogen (secondary N) is 1. The second-order valence-corrected chi connectivity index (χ2v) is 4.24. The van der Waals surface area contributed by atoms with E-state index < -0.39 is 0 Å². The highest BCUT2D eigenvalue weighted by Gasteiger charge is 2.26.